The first-order valence-electron chi connectivity index (χ1n) is 8.94. The van der Waals surface area contributed by atoms with E-state index in [-0.39, 0.29) is 0 Å². The van der Waals surface area contributed by atoms with E-state index < -0.39 is 10.2 Å². The lowest BCUT2D eigenvalue weighted by Gasteiger charge is -2.32. The van der Waals surface area contributed by atoms with Gasteiger partial charge < -0.3 is 4.90 Å². The van der Waals surface area contributed by atoms with Crippen LogP contribution in [0.3, 0.4) is 0 Å². The van der Waals surface area contributed by atoms with Crippen molar-refractivity contribution in [3.05, 3.63) is 35.9 Å². The van der Waals surface area contributed by atoms with E-state index in [9.17, 15) is 8.42 Å². The van der Waals surface area contributed by atoms with Crippen LogP contribution in [-0.4, -0.2) is 68.7 Å². The molecular weight excluding hydrogens is 322 g/mol. The molecule has 5 nitrogen and oxygen atoms in total. The molecule has 1 aliphatic rings. The highest BCUT2D eigenvalue weighted by atomic mass is 32.2. The Balaban J connectivity index is 1.97. The Morgan fingerprint density at radius 2 is 1.62 bits per heavy atom. The molecule has 0 saturated carbocycles. The zero-order valence-corrected chi connectivity index (χ0v) is 15.8. The van der Waals surface area contributed by atoms with Gasteiger partial charge >= 0.3 is 0 Å². The van der Waals surface area contributed by atoms with Gasteiger partial charge in [0.15, 0.2) is 0 Å². The summed E-state index contributed by atoms with van der Waals surface area (Å²) in [6.45, 7) is 3.22. The molecule has 0 N–H and O–H groups in total. The summed E-state index contributed by atoms with van der Waals surface area (Å²) >= 11 is 0. The quantitative estimate of drug-likeness (QED) is 0.684. The van der Waals surface area contributed by atoms with Crippen LogP contribution in [-0.2, 0) is 16.6 Å². The van der Waals surface area contributed by atoms with Gasteiger partial charge in [0.05, 0.1) is 0 Å². The maximum absolute atomic E-state index is 13.0. The minimum atomic E-state index is -3.33. The van der Waals surface area contributed by atoms with Crippen molar-refractivity contribution in [1.29, 1.82) is 0 Å². The van der Waals surface area contributed by atoms with Gasteiger partial charge in [0.25, 0.3) is 10.2 Å². The first-order chi connectivity index (χ1) is 11.5. The molecule has 136 valence electrons. The van der Waals surface area contributed by atoms with Crippen LogP contribution in [0, 0.1) is 0 Å². The predicted octanol–water partition coefficient (Wildman–Crippen LogP) is 2.21. The Labute approximate surface area is 147 Å². The van der Waals surface area contributed by atoms with Gasteiger partial charge in [0.1, 0.15) is 0 Å². The molecule has 0 spiro atoms. The first kappa shape index (κ1) is 19.4. The SMILES string of the molecule is CN(C)CCN(CCCc1ccccc1)S(=O)(=O)N1CCCCC1. The lowest BCUT2D eigenvalue weighted by molar-refractivity contribution is 0.282. The summed E-state index contributed by atoms with van der Waals surface area (Å²) in [5.74, 6) is 0. The third-order valence-electron chi connectivity index (χ3n) is 4.48. The smallest absolute Gasteiger partial charge is 0.282 e. The topological polar surface area (TPSA) is 43.9 Å². The molecule has 1 aromatic carbocycles. The number of piperidine rings is 1. The fourth-order valence-corrected chi connectivity index (χ4v) is 4.74. The van der Waals surface area contributed by atoms with Crippen LogP contribution in [0.1, 0.15) is 31.2 Å². The molecule has 2 rings (SSSR count). The molecule has 0 unspecified atom stereocenters. The fraction of sp³-hybridized carbons (Fsp3) is 0.667. The third kappa shape index (κ3) is 5.84. The zero-order valence-electron chi connectivity index (χ0n) is 15.0. The minimum absolute atomic E-state index is 0.556. The Bertz CT molecular complexity index is 569. The second kappa shape index (κ2) is 9.51. The summed E-state index contributed by atoms with van der Waals surface area (Å²) < 4.78 is 29.3. The van der Waals surface area contributed by atoms with E-state index in [2.05, 4.69) is 12.1 Å². The van der Waals surface area contributed by atoms with Crippen molar-refractivity contribution in [2.24, 2.45) is 0 Å². The summed E-state index contributed by atoms with van der Waals surface area (Å²) in [6, 6.07) is 10.3. The van der Waals surface area contributed by atoms with Gasteiger partial charge in [-0.3, -0.25) is 0 Å². The highest BCUT2D eigenvalue weighted by Gasteiger charge is 2.30. The van der Waals surface area contributed by atoms with Crippen LogP contribution < -0.4 is 0 Å². The van der Waals surface area contributed by atoms with Crippen molar-refractivity contribution in [2.45, 2.75) is 32.1 Å². The molecule has 24 heavy (non-hydrogen) atoms. The largest absolute Gasteiger partial charge is 0.308 e. The normalized spacial score (nSPS) is 16.8. The van der Waals surface area contributed by atoms with E-state index in [1.54, 1.807) is 8.61 Å². The van der Waals surface area contributed by atoms with Crippen molar-refractivity contribution >= 4 is 10.2 Å². The fourth-order valence-electron chi connectivity index (χ4n) is 3.02. The highest BCUT2D eigenvalue weighted by molar-refractivity contribution is 7.86. The van der Waals surface area contributed by atoms with Gasteiger partial charge in [-0.2, -0.15) is 17.0 Å². The molecule has 1 aromatic rings. The van der Waals surface area contributed by atoms with E-state index in [1.165, 1.54) is 5.56 Å². The molecular formula is C18H31N3O2S. The minimum Gasteiger partial charge on any atom is -0.308 e. The standard InChI is InChI=1S/C18H31N3O2S/c1-19(2)16-17-21(15-9-12-18-10-5-3-6-11-18)24(22,23)20-13-7-4-8-14-20/h3,5-6,10-11H,4,7-9,12-17H2,1-2H3. The van der Waals surface area contributed by atoms with Crippen LogP contribution in [0.2, 0.25) is 0 Å². The zero-order chi connectivity index (χ0) is 17.4. The van der Waals surface area contributed by atoms with Crippen LogP contribution in [0.15, 0.2) is 30.3 Å². The lowest BCUT2D eigenvalue weighted by atomic mass is 10.1. The summed E-state index contributed by atoms with van der Waals surface area (Å²) in [5.41, 5.74) is 1.26. The van der Waals surface area contributed by atoms with Gasteiger partial charge in [-0.1, -0.05) is 36.8 Å². The third-order valence-corrected chi connectivity index (χ3v) is 6.52. The van der Waals surface area contributed by atoms with Crippen molar-refractivity contribution in [3.63, 3.8) is 0 Å². The summed E-state index contributed by atoms with van der Waals surface area (Å²) in [6.07, 6.45) is 4.85. The monoisotopic (exact) mass is 353 g/mol. The average molecular weight is 354 g/mol. The number of aryl methyl sites for hydroxylation is 1. The van der Waals surface area contributed by atoms with Crippen molar-refractivity contribution < 1.29 is 8.42 Å². The Kier molecular flexibility index (Phi) is 7.68. The van der Waals surface area contributed by atoms with Crippen LogP contribution >= 0.6 is 0 Å². The van der Waals surface area contributed by atoms with E-state index in [0.29, 0.717) is 26.2 Å². The van der Waals surface area contributed by atoms with E-state index in [0.717, 1.165) is 38.6 Å². The summed E-state index contributed by atoms with van der Waals surface area (Å²) in [7, 11) is 0.629. The maximum atomic E-state index is 13.0. The van der Waals surface area contributed by atoms with Gasteiger partial charge in [-0.15, -0.1) is 0 Å². The second-order valence-electron chi connectivity index (χ2n) is 6.76. The van der Waals surface area contributed by atoms with Crippen molar-refractivity contribution in [3.8, 4) is 0 Å². The Morgan fingerprint density at radius 1 is 0.958 bits per heavy atom. The van der Waals surface area contributed by atoms with Gasteiger partial charge in [0.2, 0.25) is 0 Å². The number of likely N-dealkylation sites (N-methyl/N-ethyl adjacent to an activating group) is 1. The first-order valence-corrected chi connectivity index (χ1v) is 10.3. The predicted molar refractivity (Wildman–Crippen MR) is 99.2 cm³/mol. The van der Waals surface area contributed by atoms with E-state index >= 15 is 0 Å². The number of rotatable bonds is 9. The van der Waals surface area contributed by atoms with E-state index in [4.69, 9.17) is 0 Å². The molecule has 0 atom stereocenters. The van der Waals surface area contributed by atoms with Crippen LogP contribution in [0.25, 0.3) is 0 Å². The van der Waals surface area contributed by atoms with Crippen molar-refractivity contribution in [2.75, 3.05) is 46.8 Å². The number of nitrogens with zero attached hydrogens (tertiary/aromatic N) is 3. The molecule has 1 saturated heterocycles. The molecule has 1 fully saturated rings. The molecule has 0 bridgehead atoms. The second-order valence-corrected chi connectivity index (χ2v) is 8.69. The van der Waals surface area contributed by atoms with Gasteiger partial charge in [0, 0.05) is 32.7 Å². The number of hydrogen-bond donors (Lipinski definition) is 0. The molecule has 0 aromatic heterocycles. The summed E-state index contributed by atoms with van der Waals surface area (Å²) in [5, 5.41) is 0. The average Bonchev–Trinajstić information content (AvgIpc) is 2.59. The maximum Gasteiger partial charge on any atom is 0.282 e. The number of benzene rings is 1. The highest BCUT2D eigenvalue weighted by Crippen LogP contribution is 2.17. The Morgan fingerprint density at radius 3 is 2.25 bits per heavy atom. The van der Waals surface area contributed by atoms with Gasteiger partial charge in [-0.05, 0) is 45.3 Å². The number of hydrogen-bond acceptors (Lipinski definition) is 3. The Hall–Kier alpha value is -0.950. The summed E-state index contributed by atoms with van der Waals surface area (Å²) in [4.78, 5) is 2.04. The molecule has 0 radical (unpaired) electrons. The lowest BCUT2D eigenvalue weighted by Crippen LogP contribution is -2.48. The molecule has 1 heterocycles. The van der Waals surface area contributed by atoms with Crippen molar-refractivity contribution in [1.82, 2.24) is 13.5 Å². The van der Waals surface area contributed by atoms with Crippen LogP contribution in [0.4, 0.5) is 0 Å². The molecule has 1 aliphatic heterocycles. The molecule has 0 amide bonds. The van der Waals surface area contributed by atoms with Gasteiger partial charge in [-0.25, -0.2) is 0 Å². The van der Waals surface area contributed by atoms with Crippen LogP contribution in [0.5, 0.6) is 0 Å². The molecule has 0 aliphatic carbocycles. The molecule has 6 heteroatoms. The van der Waals surface area contributed by atoms with E-state index in [1.807, 2.05) is 37.2 Å².